The van der Waals surface area contributed by atoms with Crippen molar-refractivity contribution in [2.45, 2.75) is 25.8 Å². The molecule has 3 heteroatoms. The van der Waals surface area contributed by atoms with E-state index in [1.165, 1.54) is 26.1 Å². The third-order valence-electron chi connectivity index (χ3n) is 3.01. The molecule has 1 fully saturated rings. The Morgan fingerprint density at radius 2 is 2.07 bits per heavy atom. The normalized spacial score (nSPS) is 23.8. The first kappa shape index (κ1) is 12.0. The number of hydrogen-bond donors (Lipinski definition) is 1. The second kappa shape index (κ2) is 5.10. The SMILES string of the molecule is CN(C)CCN1CCCNCC1(C)C. The third-order valence-corrected chi connectivity index (χ3v) is 3.01. The van der Waals surface area contributed by atoms with Crippen LogP contribution in [-0.2, 0) is 0 Å². The molecule has 0 amide bonds. The van der Waals surface area contributed by atoms with E-state index in [1.807, 2.05) is 0 Å². The molecule has 0 atom stereocenters. The van der Waals surface area contributed by atoms with Crippen molar-refractivity contribution in [3.8, 4) is 0 Å². The molecule has 3 nitrogen and oxygen atoms in total. The lowest BCUT2D eigenvalue weighted by atomic mass is 10.0. The minimum absolute atomic E-state index is 0.312. The number of hydrogen-bond acceptors (Lipinski definition) is 3. The third kappa shape index (κ3) is 3.56. The second-order valence-electron chi connectivity index (χ2n) is 5.13. The van der Waals surface area contributed by atoms with Crippen LogP contribution in [0.3, 0.4) is 0 Å². The summed E-state index contributed by atoms with van der Waals surface area (Å²) in [5, 5.41) is 3.50. The molecule has 1 aliphatic rings. The van der Waals surface area contributed by atoms with Gasteiger partial charge in [0.2, 0.25) is 0 Å². The summed E-state index contributed by atoms with van der Waals surface area (Å²) >= 11 is 0. The van der Waals surface area contributed by atoms with Gasteiger partial charge in [-0.2, -0.15) is 0 Å². The Kier molecular flexibility index (Phi) is 4.35. The molecule has 0 bridgehead atoms. The lowest BCUT2D eigenvalue weighted by Gasteiger charge is -2.37. The van der Waals surface area contributed by atoms with E-state index < -0.39 is 0 Å². The van der Waals surface area contributed by atoms with E-state index in [9.17, 15) is 0 Å². The molecule has 1 rings (SSSR count). The number of rotatable bonds is 3. The van der Waals surface area contributed by atoms with E-state index in [-0.39, 0.29) is 0 Å². The van der Waals surface area contributed by atoms with E-state index >= 15 is 0 Å². The van der Waals surface area contributed by atoms with Gasteiger partial charge in [0.25, 0.3) is 0 Å². The van der Waals surface area contributed by atoms with E-state index in [2.05, 4.69) is 43.1 Å². The van der Waals surface area contributed by atoms with Crippen LogP contribution < -0.4 is 5.32 Å². The minimum Gasteiger partial charge on any atom is -0.315 e. The summed E-state index contributed by atoms with van der Waals surface area (Å²) in [6, 6.07) is 0. The Hall–Kier alpha value is -0.120. The van der Waals surface area contributed by atoms with Gasteiger partial charge in [-0.3, -0.25) is 4.90 Å². The van der Waals surface area contributed by atoms with Crippen LogP contribution in [0.5, 0.6) is 0 Å². The largest absolute Gasteiger partial charge is 0.315 e. The van der Waals surface area contributed by atoms with Crippen LogP contribution in [0.1, 0.15) is 20.3 Å². The molecule has 1 saturated heterocycles. The highest BCUT2D eigenvalue weighted by Crippen LogP contribution is 2.15. The molecular weight excluding hydrogens is 174 g/mol. The molecule has 84 valence electrons. The summed E-state index contributed by atoms with van der Waals surface area (Å²) in [4.78, 5) is 4.86. The second-order valence-corrected chi connectivity index (χ2v) is 5.13. The maximum absolute atomic E-state index is 3.50. The van der Waals surface area contributed by atoms with E-state index in [0.29, 0.717) is 5.54 Å². The minimum atomic E-state index is 0.312. The van der Waals surface area contributed by atoms with Gasteiger partial charge in [0.05, 0.1) is 0 Å². The van der Waals surface area contributed by atoms with Gasteiger partial charge >= 0.3 is 0 Å². The van der Waals surface area contributed by atoms with Crippen molar-refractivity contribution in [3.63, 3.8) is 0 Å². The zero-order valence-electron chi connectivity index (χ0n) is 10.1. The fourth-order valence-electron chi connectivity index (χ4n) is 1.94. The molecule has 1 aliphatic heterocycles. The molecule has 0 aromatic rings. The highest BCUT2D eigenvalue weighted by Gasteiger charge is 2.27. The predicted octanol–water partition coefficient (Wildman–Crippen LogP) is 0.622. The predicted molar refractivity (Wildman–Crippen MR) is 61.7 cm³/mol. The first-order chi connectivity index (χ1) is 6.52. The van der Waals surface area contributed by atoms with Gasteiger partial charge in [-0.05, 0) is 47.5 Å². The van der Waals surface area contributed by atoms with Crippen molar-refractivity contribution >= 4 is 0 Å². The number of nitrogens with zero attached hydrogens (tertiary/aromatic N) is 2. The van der Waals surface area contributed by atoms with Gasteiger partial charge in [0, 0.05) is 25.2 Å². The van der Waals surface area contributed by atoms with Gasteiger partial charge in [0.15, 0.2) is 0 Å². The first-order valence-corrected chi connectivity index (χ1v) is 5.63. The van der Waals surface area contributed by atoms with Crippen molar-refractivity contribution < 1.29 is 0 Å². The van der Waals surface area contributed by atoms with Gasteiger partial charge in [0.1, 0.15) is 0 Å². The standard InChI is InChI=1S/C11H25N3/c1-11(2)10-12-6-5-7-14(11)9-8-13(3)4/h12H,5-10H2,1-4H3. The van der Waals surface area contributed by atoms with Crippen LogP contribution in [0.15, 0.2) is 0 Å². The topological polar surface area (TPSA) is 18.5 Å². The summed E-state index contributed by atoms with van der Waals surface area (Å²) in [5.74, 6) is 0. The molecule has 0 saturated carbocycles. The number of nitrogens with one attached hydrogen (secondary N) is 1. The molecule has 14 heavy (non-hydrogen) atoms. The van der Waals surface area contributed by atoms with Crippen LogP contribution in [0.4, 0.5) is 0 Å². The maximum atomic E-state index is 3.50. The smallest absolute Gasteiger partial charge is 0.0278 e. The lowest BCUT2D eigenvalue weighted by molar-refractivity contribution is 0.122. The van der Waals surface area contributed by atoms with Crippen molar-refractivity contribution in [2.24, 2.45) is 0 Å². The zero-order valence-corrected chi connectivity index (χ0v) is 10.1. The van der Waals surface area contributed by atoms with Crippen LogP contribution in [0, 0.1) is 0 Å². The summed E-state index contributed by atoms with van der Waals surface area (Å²) < 4.78 is 0. The average Bonchev–Trinajstić information content (AvgIpc) is 2.23. The zero-order chi connectivity index (χ0) is 10.6. The summed E-state index contributed by atoms with van der Waals surface area (Å²) in [5.41, 5.74) is 0.312. The van der Waals surface area contributed by atoms with Crippen molar-refractivity contribution in [3.05, 3.63) is 0 Å². The van der Waals surface area contributed by atoms with E-state index in [4.69, 9.17) is 0 Å². The lowest BCUT2D eigenvalue weighted by Crippen LogP contribution is -2.50. The molecule has 1 heterocycles. The summed E-state index contributed by atoms with van der Waals surface area (Å²) in [6.45, 7) is 10.5. The molecular formula is C11H25N3. The highest BCUT2D eigenvalue weighted by atomic mass is 15.2. The molecule has 0 aliphatic carbocycles. The monoisotopic (exact) mass is 199 g/mol. The van der Waals surface area contributed by atoms with Crippen molar-refractivity contribution in [1.82, 2.24) is 15.1 Å². The van der Waals surface area contributed by atoms with Gasteiger partial charge in [-0.1, -0.05) is 0 Å². The Labute approximate surface area is 88.5 Å². The highest BCUT2D eigenvalue weighted by molar-refractivity contribution is 4.86. The Morgan fingerprint density at radius 3 is 2.71 bits per heavy atom. The fourth-order valence-corrected chi connectivity index (χ4v) is 1.94. The van der Waals surface area contributed by atoms with E-state index in [0.717, 1.165) is 13.1 Å². The van der Waals surface area contributed by atoms with Gasteiger partial charge < -0.3 is 10.2 Å². The van der Waals surface area contributed by atoms with Crippen molar-refractivity contribution in [2.75, 3.05) is 46.8 Å². The van der Waals surface area contributed by atoms with Crippen LogP contribution >= 0.6 is 0 Å². The van der Waals surface area contributed by atoms with Crippen molar-refractivity contribution in [1.29, 1.82) is 0 Å². The molecule has 0 aromatic heterocycles. The Morgan fingerprint density at radius 1 is 1.36 bits per heavy atom. The molecule has 0 unspecified atom stereocenters. The first-order valence-electron chi connectivity index (χ1n) is 5.63. The van der Waals surface area contributed by atoms with Crippen LogP contribution in [0.2, 0.25) is 0 Å². The Balaban J connectivity index is 2.45. The fraction of sp³-hybridized carbons (Fsp3) is 1.00. The summed E-state index contributed by atoms with van der Waals surface area (Å²) in [7, 11) is 4.28. The van der Waals surface area contributed by atoms with Gasteiger partial charge in [-0.25, -0.2) is 0 Å². The Bertz CT molecular complexity index is 166. The van der Waals surface area contributed by atoms with E-state index in [1.54, 1.807) is 0 Å². The summed E-state index contributed by atoms with van der Waals surface area (Å²) in [6.07, 6.45) is 1.27. The molecule has 0 radical (unpaired) electrons. The number of likely N-dealkylation sites (N-methyl/N-ethyl adjacent to an activating group) is 1. The van der Waals surface area contributed by atoms with Crippen LogP contribution in [-0.4, -0.2) is 62.2 Å². The van der Waals surface area contributed by atoms with Crippen LogP contribution in [0.25, 0.3) is 0 Å². The maximum Gasteiger partial charge on any atom is 0.0278 e. The van der Waals surface area contributed by atoms with Gasteiger partial charge in [-0.15, -0.1) is 0 Å². The molecule has 1 N–H and O–H groups in total. The average molecular weight is 199 g/mol. The molecule has 0 spiro atoms. The molecule has 0 aromatic carbocycles. The quantitative estimate of drug-likeness (QED) is 0.719.